The molecule has 6 heteroatoms. The van der Waals surface area contributed by atoms with Gasteiger partial charge in [-0.15, -0.1) is 0 Å². The Morgan fingerprint density at radius 3 is 1.60 bits per heavy atom. The van der Waals surface area contributed by atoms with Crippen molar-refractivity contribution in [2.45, 2.75) is 0 Å². The van der Waals surface area contributed by atoms with Crippen LogP contribution in [-0.4, -0.2) is 24.1 Å². The summed E-state index contributed by atoms with van der Waals surface area (Å²) >= 11 is 0. The summed E-state index contributed by atoms with van der Waals surface area (Å²) in [6.07, 6.45) is 0. The highest BCUT2D eigenvalue weighted by Crippen LogP contribution is 2.43. The third kappa shape index (κ3) is 4.91. The lowest BCUT2D eigenvalue weighted by atomic mass is 9.94. The maximum Gasteiger partial charge on any atom is 0.238 e. The van der Waals surface area contributed by atoms with E-state index in [0.717, 1.165) is 71.6 Å². The Morgan fingerprint density at radius 2 is 0.857 bits per heavy atom. The van der Waals surface area contributed by atoms with Gasteiger partial charge in [0.05, 0.1) is 22.1 Å². The predicted molar refractivity (Wildman–Crippen MR) is 259 cm³/mol. The maximum absolute atomic E-state index is 6.35. The summed E-state index contributed by atoms with van der Waals surface area (Å²) in [6.45, 7) is 0. The Hall–Kier alpha value is -8.61. The first-order valence-corrected chi connectivity index (χ1v) is 21.3. The number of furan rings is 1. The maximum atomic E-state index is 6.35. The van der Waals surface area contributed by atoms with E-state index in [4.69, 9.17) is 19.4 Å². The van der Waals surface area contributed by atoms with Gasteiger partial charge in [0.1, 0.15) is 11.2 Å². The molecule has 0 amide bonds. The van der Waals surface area contributed by atoms with Gasteiger partial charge in [-0.05, 0) is 80.8 Å². The molecular weight excluding hydrogens is 771 g/mol. The zero-order valence-electron chi connectivity index (χ0n) is 33.7. The Balaban J connectivity index is 1.06. The standard InChI is InChI=1S/C57H33N5O/c1-2-14-34(15-3-1)55-58-56(35-26-28-44-43-21-10-13-25-51(43)63-52(44)32-35)60-57(59-55)62-49-24-12-9-22-46(49)53-50(62)31-30-45-42-20-8-11-23-48(42)61(54(45)53)36-27-29-41-39-18-5-4-16-37(39)38-17-6-7-19-40(38)47(41)33-36/h1-33H. The molecule has 0 atom stereocenters. The smallest absolute Gasteiger partial charge is 0.238 e. The van der Waals surface area contributed by atoms with Crippen LogP contribution in [0.1, 0.15) is 0 Å². The van der Waals surface area contributed by atoms with Crippen molar-refractivity contribution in [3.8, 4) is 34.4 Å². The largest absolute Gasteiger partial charge is 0.456 e. The van der Waals surface area contributed by atoms with Crippen molar-refractivity contribution in [2.75, 3.05) is 0 Å². The van der Waals surface area contributed by atoms with E-state index in [1.54, 1.807) is 0 Å². The average Bonchev–Trinajstić information content (AvgIpc) is 4.01. The summed E-state index contributed by atoms with van der Waals surface area (Å²) in [5.74, 6) is 1.71. The van der Waals surface area contributed by atoms with Crippen molar-refractivity contribution >= 4 is 97.9 Å². The van der Waals surface area contributed by atoms with Crippen LogP contribution in [0.5, 0.6) is 0 Å². The molecule has 63 heavy (non-hydrogen) atoms. The van der Waals surface area contributed by atoms with Gasteiger partial charge in [0.25, 0.3) is 0 Å². The zero-order chi connectivity index (χ0) is 41.2. The Labute approximate surface area is 359 Å². The quantitative estimate of drug-likeness (QED) is 0.166. The molecule has 0 saturated carbocycles. The molecule has 6 nitrogen and oxygen atoms in total. The fraction of sp³-hybridized carbons (Fsp3) is 0. The summed E-state index contributed by atoms with van der Waals surface area (Å²) in [5, 5.41) is 14.3. The fourth-order valence-electron chi connectivity index (χ4n) is 10.2. The van der Waals surface area contributed by atoms with Crippen molar-refractivity contribution in [2.24, 2.45) is 0 Å². The summed E-state index contributed by atoms with van der Waals surface area (Å²) in [7, 11) is 0. The van der Waals surface area contributed by atoms with Crippen LogP contribution in [-0.2, 0) is 0 Å². The third-order valence-electron chi connectivity index (χ3n) is 12.9. The van der Waals surface area contributed by atoms with Crippen molar-refractivity contribution in [3.63, 3.8) is 0 Å². The minimum absolute atomic E-state index is 0.542. The van der Waals surface area contributed by atoms with Gasteiger partial charge in [0.2, 0.25) is 5.95 Å². The van der Waals surface area contributed by atoms with E-state index in [-0.39, 0.29) is 0 Å². The molecular formula is C57H33N5O. The lowest BCUT2D eigenvalue weighted by Crippen LogP contribution is -2.06. The number of fused-ring (bicyclic) bond motifs is 16. The lowest BCUT2D eigenvalue weighted by Gasteiger charge is -2.14. The Bertz CT molecular complexity index is 4180. The molecule has 0 unspecified atom stereocenters. The topological polar surface area (TPSA) is 61.7 Å². The Morgan fingerprint density at radius 1 is 0.317 bits per heavy atom. The number of para-hydroxylation sites is 3. The molecule has 4 aromatic heterocycles. The van der Waals surface area contributed by atoms with Gasteiger partial charge in [-0.2, -0.15) is 9.97 Å². The molecule has 0 aliphatic rings. The number of hydrogen-bond donors (Lipinski definition) is 0. The van der Waals surface area contributed by atoms with Crippen LogP contribution in [0.2, 0.25) is 0 Å². The molecule has 0 aliphatic heterocycles. The first-order chi connectivity index (χ1) is 31.2. The van der Waals surface area contributed by atoms with E-state index in [2.05, 4.69) is 167 Å². The third-order valence-corrected chi connectivity index (χ3v) is 12.9. The van der Waals surface area contributed by atoms with E-state index >= 15 is 0 Å². The van der Waals surface area contributed by atoms with Crippen LogP contribution in [0.4, 0.5) is 0 Å². The highest BCUT2D eigenvalue weighted by molar-refractivity contribution is 6.28. The molecule has 0 spiro atoms. The normalized spacial score (nSPS) is 12.1. The molecule has 14 rings (SSSR count). The average molecular weight is 804 g/mol. The predicted octanol–water partition coefficient (Wildman–Crippen LogP) is 14.8. The van der Waals surface area contributed by atoms with Gasteiger partial charge in [-0.25, -0.2) is 4.98 Å². The second kappa shape index (κ2) is 12.9. The van der Waals surface area contributed by atoms with Crippen LogP contribution in [0.25, 0.3) is 132 Å². The van der Waals surface area contributed by atoms with Crippen LogP contribution in [0.15, 0.2) is 205 Å². The number of hydrogen-bond acceptors (Lipinski definition) is 4. The van der Waals surface area contributed by atoms with E-state index in [1.807, 2.05) is 42.5 Å². The first kappa shape index (κ1) is 34.1. The van der Waals surface area contributed by atoms with Gasteiger partial charge >= 0.3 is 0 Å². The summed E-state index contributed by atoms with van der Waals surface area (Å²) in [6, 6.07) is 71.0. The molecule has 0 N–H and O–H groups in total. The molecule has 0 saturated heterocycles. The minimum atomic E-state index is 0.542. The van der Waals surface area contributed by atoms with E-state index in [1.165, 1.54) is 43.1 Å². The van der Waals surface area contributed by atoms with Crippen LogP contribution >= 0.6 is 0 Å². The summed E-state index contributed by atoms with van der Waals surface area (Å²) < 4.78 is 11.0. The second-order valence-corrected chi connectivity index (χ2v) is 16.3. The molecule has 14 aromatic rings. The SMILES string of the molecule is c1ccc(-c2nc(-c3ccc4c(c3)oc3ccccc34)nc(-n3c4ccccc4c4c3ccc3c5ccccc5n(-c5ccc6c7ccccc7c7ccccc7c6c5)c34)n2)cc1. The van der Waals surface area contributed by atoms with Gasteiger partial charge in [-0.3, -0.25) is 4.57 Å². The van der Waals surface area contributed by atoms with Crippen LogP contribution in [0.3, 0.4) is 0 Å². The number of aromatic nitrogens is 5. The van der Waals surface area contributed by atoms with Crippen LogP contribution < -0.4 is 0 Å². The number of rotatable bonds is 4. The molecule has 10 aromatic carbocycles. The van der Waals surface area contributed by atoms with E-state index < -0.39 is 0 Å². The fourth-order valence-corrected chi connectivity index (χ4v) is 10.2. The molecule has 0 aliphatic carbocycles. The van der Waals surface area contributed by atoms with Crippen molar-refractivity contribution in [1.29, 1.82) is 0 Å². The Kier molecular flexibility index (Phi) is 7.02. The number of benzene rings is 10. The molecule has 0 bridgehead atoms. The second-order valence-electron chi connectivity index (χ2n) is 16.3. The highest BCUT2D eigenvalue weighted by atomic mass is 16.3. The molecule has 4 heterocycles. The number of nitrogens with zero attached hydrogens (tertiary/aromatic N) is 5. The minimum Gasteiger partial charge on any atom is -0.456 e. The van der Waals surface area contributed by atoms with Crippen LogP contribution in [0, 0.1) is 0 Å². The molecule has 292 valence electrons. The summed E-state index contributed by atoms with van der Waals surface area (Å²) in [5.41, 5.74) is 8.81. The summed E-state index contributed by atoms with van der Waals surface area (Å²) in [4.78, 5) is 15.7. The molecule has 0 radical (unpaired) electrons. The first-order valence-electron chi connectivity index (χ1n) is 21.3. The van der Waals surface area contributed by atoms with E-state index in [0.29, 0.717) is 17.6 Å². The monoisotopic (exact) mass is 803 g/mol. The van der Waals surface area contributed by atoms with Crippen molar-refractivity contribution < 1.29 is 4.42 Å². The van der Waals surface area contributed by atoms with E-state index in [9.17, 15) is 0 Å². The molecule has 0 fully saturated rings. The van der Waals surface area contributed by atoms with Gasteiger partial charge in [0.15, 0.2) is 11.6 Å². The zero-order valence-corrected chi connectivity index (χ0v) is 33.7. The van der Waals surface area contributed by atoms with Gasteiger partial charge in [-0.1, -0.05) is 152 Å². The van der Waals surface area contributed by atoms with Crippen molar-refractivity contribution in [1.82, 2.24) is 24.1 Å². The van der Waals surface area contributed by atoms with Gasteiger partial charge < -0.3 is 8.98 Å². The highest BCUT2D eigenvalue weighted by Gasteiger charge is 2.24. The lowest BCUT2D eigenvalue weighted by molar-refractivity contribution is 0.669. The van der Waals surface area contributed by atoms with Gasteiger partial charge in [0, 0.05) is 49.1 Å². The van der Waals surface area contributed by atoms with Crippen molar-refractivity contribution in [3.05, 3.63) is 200 Å².